The Bertz CT molecular complexity index is 1140. The zero-order chi connectivity index (χ0) is 18.3. The van der Waals surface area contributed by atoms with Crippen molar-refractivity contribution in [2.45, 2.75) is 26.8 Å². The molecule has 0 aliphatic rings. The Morgan fingerprint density at radius 1 is 1.08 bits per heavy atom. The fourth-order valence-electron chi connectivity index (χ4n) is 2.94. The third-order valence-corrected chi connectivity index (χ3v) is 4.20. The lowest BCUT2D eigenvalue weighted by molar-refractivity contribution is 0.603. The van der Waals surface area contributed by atoms with E-state index in [1.807, 2.05) is 43.6 Å². The highest BCUT2D eigenvalue weighted by molar-refractivity contribution is 5.75. The smallest absolute Gasteiger partial charge is 0.162 e. The molecule has 0 aromatic carbocycles. The summed E-state index contributed by atoms with van der Waals surface area (Å²) < 4.78 is 3.62. The third-order valence-electron chi connectivity index (χ3n) is 4.20. The first-order chi connectivity index (χ1) is 12.6. The maximum atomic E-state index is 9.27. The van der Waals surface area contributed by atoms with Crippen molar-refractivity contribution in [1.82, 2.24) is 29.1 Å². The molecule has 0 aliphatic heterocycles. The van der Waals surface area contributed by atoms with Gasteiger partial charge in [0.25, 0.3) is 0 Å². The summed E-state index contributed by atoms with van der Waals surface area (Å²) in [4.78, 5) is 13.4. The van der Waals surface area contributed by atoms with Gasteiger partial charge in [0.05, 0.1) is 23.9 Å². The lowest BCUT2D eigenvalue weighted by Gasteiger charge is -2.13. The van der Waals surface area contributed by atoms with Gasteiger partial charge in [0.2, 0.25) is 0 Å². The van der Waals surface area contributed by atoms with E-state index in [-0.39, 0.29) is 6.04 Å². The first-order valence-electron chi connectivity index (χ1n) is 8.34. The molecule has 4 aromatic rings. The van der Waals surface area contributed by atoms with Gasteiger partial charge >= 0.3 is 0 Å². The second-order valence-corrected chi connectivity index (χ2v) is 6.35. The maximum Gasteiger partial charge on any atom is 0.162 e. The van der Waals surface area contributed by atoms with Crippen LogP contribution in [-0.2, 0) is 0 Å². The number of rotatable bonds is 3. The van der Waals surface area contributed by atoms with E-state index in [9.17, 15) is 5.26 Å². The number of nitriles is 1. The Hall–Kier alpha value is -3.53. The van der Waals surface area contributed by atoms with Crippen molar-refractivity contribution in [3.63, 3.8) is 0 Å². The van der Waals surface area contributed by atoms with Crippen molar-refractivity contribution in [1.29, 1.82) is 5.26 Å². The van der Waals surface area contributed by atoms with Gasteiger partial charge in [0.1, 0.15) is 17.5 Å². The summed E-state index contributed by atoms with van der Waals surface area (Å²) in [6, 6.07) is 11.9. The average molecular weight is 343 g/mol. The summed E-state index contributed by atoms with van der Waals surface area (Å²) in [5.41, 5.74) is 5.12. The minimum atomic E-state index is 0.201. The van der Waals surface area contributed by atoms with Gasteiger partial charge in [-0.2, -0.15) is 10.4 Å². The van der Waals surface area contributed by atoms with Crippen LogP contribution in [0, 0.1) is 18.3 Å². The summed E-state index contributed by atoms with van der Waals surface area (Å²) >= 11 is 0. The number of hydrogen-bond donors (Lipinski definition) is 0. The minimum Gasteiger partial charge on any atom is -0.326 e. The van der Waals surface area contributed by atoms with Crippen LogP contribution in [0.5, 0.6) is 0 Å². The van der Waals surface area contributed by atoms with E-state index in [0.29, 0.717) is 11.3 Å². The van der Waals surface area contributed by atoms with Crippen LogP contribution in [0.15, 0.2) is 42.9 Å². The molecule has 7 nitrogen and oxygen atoms in total. The van der Waals surface area contributed by atoms with Gasteiger partial charge in [-0.25, -0.2) is 14.5 Å². The van der Waals surface area contributed by atoms with Gasteiger partial charge in [-0.3, -0.25) is 4.98 Å². The predicted octanol–water partition coefficient (Wildman–Crippen LogP) is 3.42. The molecule has 0 unspecified atom stereocenters. The standard InChI is InChI=1S/C19H17N7/c1-12(2)25-11-22-18(15-6-4-5-13(3)23-15)19(25)16-7-8-17-21-10-14(9-20)26(17)24-16/h4-8,10-12H,1-3H3. The molecule has 0 bridgehead atoms. The molecule has 7 heteroatoms. The third kappa shape index (κ3) is 2.52. The summed E-state index contributed by atoms with van der Waals surface area (Å²) in [6.45, 7) is 6.14. The predicted molar refractivity (Wildman–Crippen MR) is 97.3 cm³/mol. The normalized spacial score (nSPS) is 11.2. The molecule has 0 radical (unpaired) electrons. The summed E-state index contributed by atoms with van der Waals surface area (Å²) in [6.07, 6.45) is 3.33. The van der Waals surface area contributed by atoms with Crippen LogP contribution in [-0.4, -0.2) is 29.1 Å². The SMILES string of the molecule is Cc1cccc(-c2ncn(C(C)C)c2-c2ccc3ncc(C#N)n3n2)n1. The highest BCUT2D eigenvalue weighted by atomic mass is 15.3. The molecule has 0 aliphatic carbocycles. The fraction of sp³-hybridized carbons (Fsp3) is 0.211. The van der Waals surface area contributed by atoms with E-state index in [1.165, 1.54) is 6.20 Å². The van der Waals surface area contributed by atoms with Gasteiger partial charge in [-0.1, -0.05) is 6.07 Å². The minimum absolute atomic E-state index is 0.201. The molecule has 0 atom stereocenters. The number of hydrogen-bond acceptors (Lipinski definition) is 5. The number of pyridine rings is 1. The van der Waals surface area contributed by atoms with Crippen molar-refractivity contribution in [2.24, 2.45) is 0 Å². The molecule has 0 saturated heterocycles. The summed E-state index contributed by atoms with van der Waals surface area (Å²) in [7, 11) is 0. The Labute approximate surface area is 150 Å². The van der Waals surface area contributed by atoms with Crippen molar-refractivity contribution in [2.75, 3.05) is 0 Å². The highest BCUT2D eigenvalue weighted by Gasteiger charge is 2.20. The van der Waals surface area contributed by atoms with E-state index >= 15 is 0 Å². The second-order valence-electron chi connectivity index (χ2n) is 6.35. The molecule has 128 valence electrons. The highest BCUT2D eigenvalue weighted by Crippen LogP contribution is 2.31. The molecule has 4 rings (SSSR count). The van der Waals surface area contributed by atoms with Crippen LogP contribution in [0.2, 0.25) is 0 Å². The zero-order valence-electron chi connectivity index (χ0n) is 14.7. The first kappa shape index (κ1) is 16.0. The van der Waals surface area contributed by atoms with Gasteiger partial charge in [-0.05, 0) is 45.0 Å². The van der Waals surface area contributed by atoms with Crippen LogP contribution in [0.4, 0.5) is 0 Å². The molecule has 26 heavy (non-hydrogen) atoms. The van der Waals surface area contributed by atoms with E-state index in [2.05, 4.69) is 44.5 Å². The molecule has 0 spiro atoms. The molecule has 0 amide bonds. The summed E-state index contributed by atoms with van der Waals surface area (Å²) in [5, 5.41) is 13.9. The Balaban J connectivity index is 1.98. The molecule has 4 aromatic heterocycles. The molecule has 0 fully saturated rings. The number of imidazole rings is 2. The van der Waals surface area contributed by atoms with Gasteiger partial charge in [0.15, 0.2) is 11.3 Å². The van der Waals surface area contributed by atoms with Crippen LogP contribution in [0.3, 0.4) is 0 Å². The van der Waals surface area contributed by atoms with E-state index in [1.54, 1.807) is 4.52 Å². The van der Waals surface area contributed by atoms with Crippen molar-refractivity contribution < 1.29 is 0 Å². The van der Waals surface area contributed by atoms with Crippen LogP contribution >= 0.6 is 0 Å². The zero-order valence-corrected chi connectivity index (χ0v) is 14.7. The van der Waals surface area contributed by atoms with Gasteiger partial charge in [-0.15, -0.1) is 0 Å². The Morgan fingerprint density at radius 3 is 2.65 bits per heavy atom. The number of nitrogens with zero attached hydrogens (tertiary/aromatic N) is 7. The van der Waals surface area contributed by atoms with Gasteiger partial charge in [0, 0.05) is 11.7 Å². The Morgan fingerprint density at radius 2 is 1.92 bits per heavy atom. The maximum absolute atomic E-state index is 9.27. The number of fused-ring (bicyclic) bond motifs is 1. The largest absolute Gasteiger partial charge is 0.326 e. The van der Waals surface area contributed by atoms with E-state index < -0.39 is 0 Å². The lowest BCUT2D eigenvalue weighted by atomic mass is 10.1. The monoisotopic (exact) mass is 343 g/mol. The van der Waals surface area contributed by atoms with Crippen LogP contribution in [0.1, 0.15) is 31.3 Å². The quantitative estimate of drug-likeness (QED) is 0.569. The molecule has 0 N–H and O–H groups in total. The number of aromatic nitrogens is 6. The first-order valence-corrected chi connectivity index (χ1v) is 8.34. The van der Waals surface area contributed by atoms with Crippen molar-refractivity contribution in [3.05, 3.63) is 54.2 Å². The number of aryl methyl sites for hydroxylation is 1. The average Bonchev–Trinajstić information content (AvgIpc) is 3.25. The fourth-order valence-corrected chi connectivity index (χ4v) is 2.94. The van der Waals surface area contributed by atoms with Crippen LogP contribution in [0.25, 0.3) is 28.4 Å². The Kier molecular flexibility index (Phi) is 3.73. The molecular formula is C19H17N7. The lowest BCUT2D eigenvalue weighted by Crippen LogP contribution is -2.05. The molecular weight excluding hydrogens is 326 g/mol. The van der Waals surface area contributed by atoms with Crippen LogP contribution < -0.4 is 0 Å². The summed E-state index contributed by atoms with van der Waals surface area (Å²) in [5.74, 6) is 0. The van der Waals surface area contributed by atoms with E-state index in [4.69, 9.17) is 0 Å². The van der Waals surface area contributed by atoms with E-state index in [0.717, 1.165) is 28.5 Å². The second kappa shape index (κ2) is 6.08. The van der Waals surface area contributed by atoms with Gasteiger partial charge < -0.3 is 4.57 Å². The molecule has 4 heterocycles. The molecule has 0 saturated carbocycles. The topological polar surface area (TPSA) is 84.7 Å². The van der Waals surface area contributed by atoms with Crippen molar-refractivity contribution >= 4 is 5.65 Å². The van der Waals surface area contributed by atoms with Crippen molar-refractivity contribution in [3.8, 4) is 28.8 Å².